The molecule has 0 bridgehead atoms. The van der Waals surface area contributed by atoms with Crippen LogP contribution in [-0.4, -0.2) is 50.6 Å². The van der Waals surface area contributed by atoms with Crippen molar-refractivity contribution in [1.82, 2.24) is 9.80 Å². The highest BCUT2D eigenvalue weighted by atomic mass is 15.1. The fraction of sp³-hybridized carbons (Fsp3) is 0.571. The van der Waals surface area contributed by atoms with Gasteiger partial charge in [0, 0.05) is 19.6 Å². The molecule has 2 nitrogen and oxygen atoms in total. The molecule has 0 radical (unpaired) electrons. The summed E-state index contributed by atoms with van der Waals surface area (Å²) in [5.74, 6) is 0.605. The van der Waals surface area contributed by atoms with Crippen LogP contribution < -0.4 is 0 Å². The molecule has 0 N–H and O–H groups in total. The smallest absolute Gasteiger partial charge is 0.0106 e. The average molecular weight is 220 g/mol. The molecule has 1 rings (SSSR count). The quantitative estimate of drug-likeness (QED) is 0.726. The molecule has 0 unspecified atom stereocenters. The zero-order valence-electron chi connectivity index (χ0n) is 11.0. The van der Waals surface area contributed by atoms with Crippen molar-refractivity contribution >= 4 is 0 Å². The number of likely N-dealkylation sites (N-methyl/N-ethyl adjacent to an activating group) is 2. The van der Waals surface area contributed by atoms with E-state index in [-0.39, 0.29) is 0 Å². The molecule has 0 saturated heterocycles. The Morgan fingerprint density at radius 3 is 2.19 bits per heavy atom. The second-order valence-electron chi connectivity index (χ2n) is 4.88. The summed E-state index contributed by atoms with van der Waals surface area (Å²) in [5, 5.41) is 0. The van der Waals surface area contributed by atoms with Gasteiger partial charge in [-0.3, -0.25) is 0 Å². The van der Waals surface area contributed by atoms with E-state index >= 15 is 0 Å². The first-order valence-corrected chi connectivity index (χ1v) is 5.98. The molecular weight excluding hydrogens is 196 g/mol. The summed E-state index contributed by atoms with van der Waals surface area (Å²) in [7, 11) is 6.44. The Kier molecular flexibility index (Phi) is 5.50. The number of hydrogen-bond donors (Lipinski definition) is 0. The van der Waals surface area contributed by atoms with Crippen LogP contribution >= 0.6 is 0 Å². The van der Waals surface area contributed by atoms with Crippen LogP contribution in [0.5, 0.6) is 0 Å². The predicted octanol–water partition coefficient (Wildman–Crippen LogP) is 2.28. The van der Waals surface area contributed by atoms with E-state index in [1.54, 1.807) is 0 Å². The van der Waals surface area contributed by atoms with Gasteiger partial charge in [-0.2, -0.15) is 0 Å². The Hall–Kier alpha value is -0.860. The van der Waals surface area contributed by atoms with E-state index in [9.17, 15) is 0 Å². The van der Waals surface area contributed by atoms with E-state index in [0.717, 1.165) is 19.6 Å². The second-order valence-corrected chi connectivity index (χ2v) is 4.88. The SMILES string of the molecule is C[C@H](CN(C)CCN(C)C)c1ccccc1. The fourth-order valence-electron chi connectivity index (χ4n) is 1.82. The molecule has 0 aliphatic carbocycles. The van der Waals surface area contributed by atoms with Crippen molar-refractivity contribution in [3.63, 3.8) is 0 Å². The maximum atomic E-state index is 2.40. The first-order valence-electron chi connectivity index (χ1n) is 5.98. The van der Waals surface area contributed by atoms with Gasteiger partial charge >= 0.3 is 0 Å². The highest BCUT2D eigenvalue weighted by Crippen LogP contribution is 2.15. The molecule has 0 saturated carbocycles. The second kappa shape index (κ2) is 6.66. The molecule has 1 atom stereocenters. The van der Waals surface area contributed by atoms with Crippen molar-refractivity contribution < 1.29 is 0 Å². The lowest BCUT2D eigenvalue weighted by molar-refractivity contribution is 0.272. The molecule has 90 valence electrons. The highest BCUT2D eigenvalue weighted by molar-refractivity contribution is 5.18. The van der Waals surface area contributed by atoms with Crippen LogP contribution in [0.1, 0.15) is 18.4 Å². The van der Waals surface area contributed by atoms with Crippen molar-refractivity contribution in [2.75, 3.05) is 40.8 Å². The van der Waals surface area contributed by atoms with Crippen LogP contribution in [0.3, 0.4) is 0 Å². The van der Waals surface area contributed by atoms with Crippen molar-refractivity contribution in [2.45, 2.75) is 12.8 Å². The normalized spacial score (nSPS) is 13.4. The molecule has 0 aliphatic heterocycles. The molecule has 0 aliphatic rings. The lowest BCUT2D eigenvalue weighted by atomic mass is 10.0. The first kappa shape index (κ1) is 13.2. The van der Waals surface area contributed by atoms with Crippen LogP contribution in [0.15, 0.2) is 30.3 Å². The minimum atomic E-state index is 0.605. The van der Waals surface area contributed by atoms with Crippen LogP contribution in [0.25, 0.3) is 0 Å². The molecule has 1 aromatic carbocycles. The molecule has 0 fully saturated rings. The molecular formula is C14H24N2. The Balaban J connectivity index is 2.36. The molecule has 2 heteroatoms. The molecule has 0 amide bonds. The minimum absolute atomic E-state index is 0.605. The molecule has 1 aromatic rings. The Bertz CT molecular complexity index is 282. The van der Waals surface area contributed by atoms with Gasteiger partial charge in [-0.25, -0.2) is 0 Å². The van der Waals surface area contributed by atoms with E-state index in [4.69, 9.17) is 0 Å². The van der Waals surface area contributed by atoms with Crippen molar-refractivity contribution in [1.29, 1.82) is 0 Å². The van der Waals surface area contributed by atoms with Crippen molar-refractivity contribution in [3.05, 3.63) is 35.9 Å². The van der Waals surface area contributed by atoms with Gasteiger partial charge in [-0.05, 0) is 32.6 Å². The van der Waals surface area contributed by atoms with Crippen LogP contribution in [-0.2, 0) is 0 Å². The third kappa shape index (κ3) is 4.77. The average Bonchev–Trinajstić information content (AvgIpc) is 2.27. The maximum absolute atomic E-state index is 2.40. The van der Waals surface area contributed by atoms with E-state index in [1.165, 1.54) is 5.56 Å². The fourth-order valence-corrected chi connectivity index (χ4v) is 1.82. The molecule has 0 heterocycles. The molecule has 0 spiro atoms. The minimum Gasteiger partial charge on any atom is -0.308 e. The third-order valence-corrected chi connectivity index (χ3v) is 2.88. The summed E-state index contributed by atoms with van der Waals surface area (Å²) >= 11 is 0. The van der Waals surface area contributed by atoms with Gasteiger partial charge in [-0.15, -0.1) is 0 Å². The van der Waals surface area contributed by atoms with Gasteiger partial charge < -0.3 is 9.80 Å². The standard InChI is InChI=1S/C14H24N2/c1-13(14-8-6-5-7-9-14)12-16(4)11-10-15(2)3/h5-9,13H,10-12H2,1-4H3/t13-/m1/s1. The number of nitrogens with zero attached hydrogens (tertiary/aromatic N) is 2. The van der Waals surface area contributed by atoms with E-state index in [0.29, 0.717) is 5.92 Å². The van der Waals surface area contributed by atoms with E-state index in [2.05, 4.69) is 68.2 Å². The summed E-state index contributed by atoms with van der Waals surface area (Å²) in [6.45, 7) is 5.67. The number of benzene rings is 1. The van der Waals surface area contributed by atoms with Crippen LogP contribution in [0, 0.1) is 0 Å². The van der Waals surface area contributed by atoms with Crippen LogP contribution in [0.4, 0.5) is 0 Å². The topological polar surface area (TPSA) is 6.48 Å². The van der Waals surface area contributed by atoms with E-state index in [1.807, 2.05) is 0 Å². The lowest BCUT2D eigenvalue weighted by Crippen LogP contribution is -2.31. The van der Waals surface area contributed by atoms with Gasteiger partial charge in [0.15, 0.2) is 0 Å². The zero-order chi connectivity index (χ0) is 12.0. The van der Waals surface area contributed by atoms with Gasteiger partial charge in [0.25, 0.3) is 0 Å². The van der Waals surface area contributed by atoms with Gasteiger partial charge in [0.2, 0.25) is 0 Å². The third-order valence-electron chi connectivity index (χ3n) is 2.88. The highest BCUT2D eigenvalue weighted by Gasteiger charge is 2.08. The largest absolute Gasteiger partial charge is 0.308 e. The maximum Gasteiger partial charge on any atom is 0.0106 e. The molecule has 0 aromatic heterocycles. The van der Waals surface area contributed by atoms with Crippen molar-refractivity contribution in [3.8, 4) is 0 Å². The first-order chi connectivity index (χ1) is 7.59. The van der Waals surface area contributed by atoms with Gasteiger partial charge in [0.05, 0.1) is 0 Å². The summed E-state index contributed by atoms with van der Waals surface area (Å²) < 4.78 is 0. The van der Waals surface area contributed by atoms with Gasteiger partial charge in [0.1, 0.15) is 0 Å². The Labute approximate surface area is 99.9 Å². The van der Waals surface area contributed by atoms with Crippen LogP contribution in [0.2, 0.25) is 0 Å². The summed E-state index contributed by atoms with van der Waals surface area (Å²) in [6.07, 6.45) is 0. The summed E-state index contributed by atoms with van der Waals surface area (Å²) in [6, 6.07) is 10.7. The van der Waals surface area contributed by atoms with Gasteiger partial charge in [-0.1, -0.05) is 37.3 Å². The lowest BCUT2D eigenvalue weighted by Gasteiger charge is -2.23. The predicted molar refractivity (Wildman–Crippen MR) is 70.9 cm³/mol. The molecule has 16 heavy (non-hydrogen) atoms. The van der Waals surface area contributed by atoms with Crippen molar-refractivity contribution in [2.24, 2.45) is 0 Å². The summed E-state index contributed by atoms with van der Waals surface area (Å²) in [4.78, 5) is 4.63. The summed E-state index contributed by atoms with van der Waals surface area (Å²) in [5.41, 5.74) is 1.43. The van der Waals surface area contributed by atoms with E-state index < -0.39 is 0 Å². The Morgan fingerprint density at radius 2 is 1.62 bits per heavy atom. The number of hydrogen-bond acceptors (Lipinski definition) is 2. The Morgan fingerprint density at radius 1 is 1.00 bits per heavy atom. The zero-order valence-corrected chi connectivity index (χ0v) is 11.0. The monoisotopic (exact) mass is 220 g/mol. The number of rotatable bonds is 6.